The average molecular weight is 305 g/mol. The minimum atomic E-state index is -0.498. The highest BCUT2D eigenvalue weighted by atomic mass is 35.5. The van der Waals surface area contributed by atoms with Crippen LogP contribution in [0.15, 0.2) is 36.7 Å². The van der Waals surface area contributed by atoms with E-state index in [9.17, 15) is 9.59 Å². The fourth-order valence-electron chi connectivity index (χ4n) is 1.78. The maximum absolute atomic E-state index is 12.2. The number of aromatic nitrogens is 1. The minimum Gasteiger partial charge on any atom is -0.465 e. The zero-order valence-electron chi connectivity index (χ0n) is 11.5. The second-order valence-electron chi connectivity index (χ2n) is 4.33. The number of benzene rings is 1. The Kier molecular flexibility index (Phi) is 4.55. The second-order valence-corrected chi connectivity index (χ2v) is 4.74. The molecule has 0 aliphatic carbocycles. The highest BCUT2D eigenvalue weighted by Crippen LogP contribution is 2.24. The van der Waals surface area contributed by atoms with Crippen molar-refractivity contribution in [3.63, 3.8) is 0 Å². The fraction of sp³-hybridized carbons (Fsp3) is 0.133. The van der Waals surface area contributed by atoms with Gasteiger partial charge in [-0.2, -0.15) is 0 Å². The van der Waals surface area contributed by atoms with E-state index in [1.54, 1.807) is 19.2 Å². The summed E-state index contributed by atoms with van der Waals surface area (Å²) < 4.78 is 4.64. The summed E-state index contributed by atoms with van der Waals surface area (Å²) in [6.07, 6.45) is 3.13. The van der Waals surface area contributed by atoms with E-state index < -0.39 is 5.97 Å². The molecule has 1 aromatic heterocycles. The van der Waals surface area contributed by atoms with Crippen molar-refractivity contribution in [2.24, 2.45) is 0 Å². The van der Waals surface area contributed by atoms with Gasteiger partial charge in [-0.05, 0) is 36.8 Å². The fourth-order valence-corrected chi connectivity index (χ4v) is 1.95. The summed E-state index contributed by atoms with van der Waals surface area (Å²) in [4.78, 5) is 27.7. The Hall–Kier alpha value is -2.40. The van der Waals surface area contributed by atoms with Gasteiger partial charge in [0, 0.05) is 18.0 Å². The summed E-state index contributed by atoms with van der Waals surface area (Å²) in [6.45, 7) is 1.79. The number of hydrogen-bond donors (Lipinski definition) is 1. The summed E-state index contributed by atoms with van der Waals surface area (Å²) in [7, 11) is 1.29. The SMILES string of the molecule is COC(=O)c1ccc(Cl)c(NC(=O)c2ccncc2C)c1. The summed E-state index contributed by atoms with van der Waals surface area (Å²) in [6, 6.07) is 6.15. The summed E-state index contributed by atoms with van der Waals surface area (Å²) >= 11 is 6.04. The number of halogens is 1. The number of amides is 1. The van der Waals surface area contributed by atoms with Crippen molar-refractivity contribution in [1.82, 2.24) is 4.98 Å². The van der Waals surface area contributed by atoms with Gasteiger partial charge in [-0.1, -0.05) is 11.6 Å². The molecular formula is C15H13ClN2O3. The molecule has 0 radical (unpaired) electrons. The third kappa shape index (κ3) is 3.38. The van der Waals surface area contributed by atoms with Crippen LogP contribution in [0, 0.1) is 6.92 Å². The zero-order chi connectivity index (χ0) is 15.4. The first-order valence-corrected chi connectivity index (χ1v) is 6.50. The zero-order valence-corrected chi connectivity index (χ0v) is 12.3. The number of ether oxygens (including phenoxy) is 1. The topological polar surface area (TPSA) is 68.3 Å². The van der Waals surface area contributed by atoms with Crippen molar-refractivity contribution in [2.75, 3.05) is 12.4 Å². The number of anilines is 1. The predicted molar refractivity (Wildman–Crippen MR) is 79.7 cm³/mol. The van der Waals surface area contributed by atoms with Gasteiger partial charge < -0.3 is 10.1 Å². The molecule has 2 aromatic rings. The van der Waals surface area contributed by atoms with Crippen LogP contribution in [-0.2, 0) is 4.74 Å². The molecule has 1 N–H and O–H groups in total. The molecule has 108 valence electrons. The Balaban J connectivity index is 2.29. The van der Waals surface area contributed by atoms with Gasteiger partial charge in [-0.15, -0.1) is 0 Å². The van der Waals surface area contributed by atoms with E-state index in [2.05, 4.69) is 15.0 Å². The number of hydrogen-bond acceptors (Lipinski definition) is 4. The Bertz CT molecular complexity index is 701. The molecule has 1 amide bonds. The van der Waals surface area contributed by atoms with Crippen molar-refractivity contribution < 1.29 is 14.3 Å². The molecule has 5 nitrogen and oxygen atoms in total. The highest BCUT2D eigenvalue weighted by molar-refractivity contribution is 6.34. The molecule has 0 fully saturated rings. The van der Waals surface area contributed by atoms with Crippen LogP contribution in [0.1, 0.15) is 26.3 Å². The van der Waals surface area contributed by atoms with Gasteiger partial charge in [0.25, 0.3) is 5.91 Å². The Morgan fingerprint density at radius 1 is 1.29 bits per heavy atom. The van der Waals surface area contributed by atoms with Crippen LogP contribution in [0.5, 0.6) is 0 Å². The number of carbonyl (C=O) groups excluding carboxylic acids is 2. The van der Waals surface area contributed by atoms with Gasteiger partial charge >= 0.3 is 5.97 Å². The van der Waals surface area contributed by atoms with Crippen LogP contribution in [0.4, 0.5) is 5.69 Å². The second kappa shape index (κ2) is 6.37. The largest absolute Gasteiger partial charge is 0.465 e. The first-order chi connectivity index (χ1) is 10.0. The van der Waals surface area contributed by atoms with E-state index in [0.717, 1.165) is 5.56 Å². The molecule has 0 unspecified atom stereocenters. The van der Waals surface area contributed by atoms with Gasteiger partial charge in [-0.3, -0.25) is 9.78 Å². The standard InChI is InChI=1S/C15H13ClN2O3/c1-9-8-17-6-5-11(9)14(19)18-13-7-10(15(20)21-2)3-4-12(13)16/h3-8H,1-2H3,(H,18,19). The number of aryl methyl sites for hydroxylation is 1. The predicted octanol–water partition coefficient (Wildman–Crippen LogP) is 3.08. The molecule has 0 atom stereocenters. The first-order valence-electron chi connectivity index (χ1n) is 6.12. The van der Waals surface area contributed by atoms with Crippen molar-refractivity contribution >= 4 is 29.2 Å². The minimum absolute atomic E-state index is 0.309. The van der Waals surface area contributed by atoms with Crippen LogP contribution in [0.25, 0.3) is 0 Å². The van der Waals surface area contributed by atoms with Crippen LogP contribution in [0.2, 0.25) is 5.02 Å². The van der Waals surface area contributed by atoms with Gasteiger partial charge in [-0.25, -0.2) is 4.79 Å². The van der Waals surface area contributed by atoms with Crippen LogP contribution in [-0.4, -0.2) is 24.0 Å². The maximum Gasteiger partial charge on any atom is 0.337 e. The number of pyridine rings is 1. The van der Waals surface area contributed by atoms with E-state index in [4.69, 9.17) is 11.6 Å². The first kappa shape index (κ1) is 15.0. The molecule has 1 aromatic carbocycles. The van der Waals surface area contributed by atoms with E-state index in [-0.39, 0.29) is 5.91 Å². The summed E-state index contributed by atoms with van der Waals surface area (Å²) in [5, 5.41) is 3.02. The maximum atomic E-state index is 12.2. The molecule has 21 heavy (non-hydrogen) atoms. The number of nitrogens with one attached hydrogen (secondary N) is 1. The molecule has 2 rings (SSSR count). The number of nitrogens with zero attached hydrogens (tertiary/aromatic N) is 1. The van der Waals surface area contributed by atoms with Gasteiger partial charge in [0.1, 0.15) is 0 Å². The number of methoxy groups -OCH3 is 1. The molecule has 0 aliphatic heterocycles. The van der Waals surface area contributed by atoms with Crippen molar-refractivity contribution in [3.05, 3.63) is 58.4 Å². The highest BCUT2D eigenvalue weighted by Gasteiger charge is 2.13. The Morgan fingerprint density at radius 2 is 2.05 bits per heavy atom. The number of esters is 1. The van der Waals surface area contributed by atoms with E-state index in [1.807, 2.05) is 0 Å². The van der Waals surface area contributed by atoms with E-state index in [0.29, 0.717) is 21.8 Å². The molecule has 0 spiro atoms. The number of rotatable bonds is 3. The molecule has 1 heterocycles. The molecular weight excluding hydrogens is 292 g/mol. The Morgan fingerprint density at radius 3 is 2.71 bits per heavy atom. The summed E-state index contributed by atoms with van der Waals surface area (Å²) in [5.41, 5.74) is 1.89. The van der Waals surface area contributed by atoms with Crippen LogP contribution in [0.3, 0.4) is 0 Å². The lowest BCUT2D eigenvalue weighted by molar-refractivity contribution is 0.0600. The third-order valence-corrected chi connectivity index (χ3v) is 3.23. The van der Waals surface area contributed by atoms with Crippen molar-refractivity contribution in [2.45, 2.75) is 6.92 Å². The van der Waals surface area contributed by atoms with E-state index >= 15 is 0 Å². The molecule has 6 heteroatoms. The normalized spacial score (nSPS) is 10.0. The monoisotopic (exact) mass is 304 g/mol. The lowest BCUT2D eigenvalue weighted by Gasteiger charge is -2.10. The van der Waals surface area contributed by atoms with E-state index in [1.165, 1.54) is 31.5 Å². The summed E-state index contributed by atoms with van der Waals surface area (Å²) in [5.74, 6) is -0.818. The lowest BCUT2D eigenvalue weighted by atomic mass is 10.1. The average Bonchev–Trinajstić information content (AvgIpc) is 2.49. The van der Waals surface area contributed by atoms with Crippen molar-refractivity contribution in [3.8, 4) is 0 Å². The number of carbonyl (C=O) groups is 2. The van der Waals surface area contributed by atoms with Gasteiger partial charge in [0.2, 0.25) is 0 Å². The quantitative estimate of drug-likeness (QED) is 0.885. The molecule has 0 saturated heterocycles. The smallest absolute Gasteiger partial charge is 0.337 e. The third-order valence-electron chi connectivity index (χ3n) is 2.90. The molecule has 0 saturated carbocycles. The van der Waals surface area contributed by atoms with Gasteiger partial charge in [0.05, 0.1) is 23.4 Å². The molecule has 0 aliphatic rings. The molecule has 0 bridgehead atoms. The lowest BCUT2D eigenvalue weighted by Crippen LogP contribution is -2.14. The van der Waals surface area contributed by atoms with Crippen LogP contribution >= 0.6 is 11.6 Å². The van der Waals surface area contributed by atoms with Crippen LogP contribution < -0.4 is 5.32 Å². The van der Waals surface area contributed by atoms with Crippen molar-refractivity contribution in [1.29, 1.82) is 0 Å². The van der Waals surface area contributed by atoms with Gasteiger partial charge in [0.15, 0.2) is 0 Å². The Labute approximate surface area is 126 Å².